The molecule has 6 rings (SSSR count). The molecule has 2 saturated heterocycles. The molecule has 1 amide bonds. The first-order valence-electron chi connectivity index (χ1n) is 13.6. The SMILES string of the molecule is C=CC[C@H]1C(=O)N2C/C(=[CH]\[Sn]([c]3ccccc3)([c]3ccccc3)[c]3ccccc3)[C@@H](Cc3ccccc3)[C@H]12. The van der Waals surface area contributed by atoms with Crippen molar-refractivity contribution >= 4 is 35.0 Å². The fourth-order valence-electron chi connectivity index (χ4n) is 6.68. The fraction of sp³-hybridized carbons (Fsp3) is 0.171. The van der Waals surface area contributed by atoms with Gasteiger partial charge in [-0.15, -0.1) is 0 Å². The van der Waals surface area contributed by atoms with Crippen LogP contribution in [0.1, 0.15) is 12.0 Å². The van der Waals surface area contributed by atoms with Crippen molar-refractivity contribution in [3.8, 4) is 0 Å². The number of allylic oxidation sites excluding steroid dienone is 1. The van der Waals surface area contributed by atoms with Gasteiger partial charge >= 0.3 is 231 Å². The third-order valence-corrected chi connectivity index (χ3v) is 21.4. The number of fused-ring (bicyclic) bond motifs is 1. The fourth-order valence-corrected chi connectivity index (χ4v) is 19.6. The van der Waals surface area contributed by atoms with Crippen molar-refractivity contribution in [3.05, 3.63) is 149 Å². The van der Waals surface area contributed by atoms with E-state index in [2.05, 4.69) is 137 Å². The Hall–Kier alpha value is -3.37. The first kappa shape index (κ1) is 24.9. The average Bonchev–Trinajstić information content (AvgIpc) is 3.29. The zero-order valence-electron chi connectivity index (χ0n) is 21.6. The molecule has 2 nitrogen and oxygen atoms in total. The molecule has 0 spiro atoms. The summed E-state index contributed by atoms with van der Waals surface area (Å²) in [6.45, 7) is 4.70. The van der Waals surface area contributed by atoms with Gasteiger partial charge in [-0.25, -0.2) is 0 Å². The number of benzene rings is 4. The van der Waals surface area contributed by atoms with Crippen molar-refractivity contribution in [2.24, 2.45) is 11.8 Å². The number of hydrogen-bond donors (Lipinski definition) is 0. The summed E-state index contributed by atoms with van der Waals surface area (Å²) >= 11 is -3.63. The number of β-lactam (4-membered cyclic amide) rings is 1. The minimum atomic E-state index is -3.63. The molecular formula is C35H33NOSn. The van der Waals surface area contributed by atoms with Crippen molar-refractivity contribution in [1.82, 2.24) is 4.90 Å². The summed E-state index contributed by atoms with van der Waals surface area (Å²) in [4.78, 5) is 15.4. The predicted molar refractivity (Wildman–Crippen MR) is 160 cm³/mol. The molecule has 2 aliphatic heterocycles. The van der Waals surface area contributed by atoms with Crippen molar-refractivity contribution < 1.29 is 4.79 Å². The summed E-state index contributed by atoms with van der Waals surface area (Å²) in [5.74, 6) is 0.644. The van der Waals surface area contributed by atoms with Crippen LogP contribution in [0.2, 0.25) is 0 Å². The summed E-state index contributed by atoms with van der Waals surface area (Å²) in [7, 11) is 0. The monoisotopic (exact) mass is 603 g/mol. The molecule has 4 aromatic rings. The average molecular weight is 602 g/mol. The molecular weight excluding hydrogens is 569 g/mol. The van der Waals surface area contributed by atoms with Crippen molar-refractivity contribution in [3.63, 3.8) is 0 Å². The molecule has 0 saturated carbocycles. The molecule has 0 bridgehead atoms. The van der Waals surface area contributed by atoms with Gasteiger partial charge in [0.15, 0.2) is 0 Å². The number of nitrogens with zero attached hydrogens (tertiary/aromatic N) is 1. The number of hydrogen-bond acceptors (Lipinski definition) is 1. The minimum absolute atomic E-state index is 0.0434. The number of rotatable bonds is 8. The van der Waals surface area contributed by atoms with E-state index in [1.807, 2.05) is 6.08 Å². The summed E-state index contributed by atoms with van der Waals surface area (Å²) in [6, 6.07) is 44.4. The van der Waals surface area contributed by atoms with Gasteiger partial charge in [0.1, 0.15) is 0 Å². The van der Waals surface area contributed by atoms with Crippen LogP contribution >= 0.6 is 0 Å². The van der Waals surface area contributed by atoms with Gasteiger partial charge in [0, 0.05) is 0 Å². The molecule has 2 heterocycles. The Morgan fingerprint density at radius 3 is 1.66 bits per heavy atom. The van der Waals surface area contributed by atoms with Gasteiger partial charge in [-0.05, 0) is 0 Å². The third-order valence-electron chi connectivity index (χ3n) is 8.42. The van der Waals surface area contributed by atoms with Crippen LogP contribution in [0.5, 0.6) is 0 Å². The number of carbonyl (C=O) groups excluding carboxylic acids is 1. The molecule has 3 atom stereocenters. The van der Waals surface area contributed by atoms with E-state index < -0.39 is 18.4 Å². The van der Waals surface area contributed by atoms with Crippen LogP contribution in [-0.2, 0) is 11.2 Å². The van der Waals surface area contributed by atoms with E-state index in [0.29, 0.717) is 5.92 Å². The quantitative estimate of drug-likeness (QED) is 0.160. The van der Waals surface area contributed by atoms with Crippen LogP contribution in [0.25, 0.3) is 0 Å². The standard InChI is InChI=1S/C17H18NO.3C6H5.Sn/c1-3-7-14-16-15(10-13-8-5-4-6-9-13)12(2)11-18(16)17(14)19;3*1-2-4-6-5-3-1;/h2-6,8-9,14-16H,1,7,10-11H2;3*1-5H;/t14-,15-,16+;;;;/m1..../s1. The first-order chi connectivity index (χ1) is 18.7. The van der Waals surface area contributed by atoms with Gasteiger partial charge in [0.25, 0.3) is 0 Å². The molecule has 3 heteroatoms. The summed E-state index contributed by atoms with van der Waals surface area (Å²) < 4.78 is 7.02. The zero-order valence-corrected chi connectivity index (χ0v) is 24.5. The van der Waals surface area contributed by atoms with Crippen LogP contribution in [0, 0.1) is 11.8 Å². The van der Waals surface area contributed by atoms with Crippen LogP contribution < -0.4 is 10.7 Å². The van der Waals surface area contributed by atoms with E-state index in [0.717, 1.165) is 19.4 Å². The van der Waals surface area contributed by atoms with Crippen LogP contribution in [0.15, 0.2) is 144 Å². The van der Waals surface area contributed by atoms with Crippen LogP contribution in [0.3, 0.4) is 0 Å². The second-order valence-electron chi connectivity index (χ2n) is 10.5. The zero-order chi connectivity index (χ0) is 26.0. The van der Waals surface area contributed by atoms with Gasteiger partial charge in [-0.2, -0.15) is 0 Å². The Morgan fingerprint density at radius 2 is 1.18 bits per heavy atom. The van der Waals surface area contributed by atoms with E-state index in [1.54, 1.807) is 0 Å². The molecule has 0 unspecified atom stereocenters. The van der Waals surface area contributed by atoms with Gasteiger partial charge in [-0.1, -0.05) is 0 Å². The van der Waals surface area contributed by atoms with E-state index in [-0.39, 0.29) is 17.9 Å². The Morgan fingerprint density at radius 1 is 0.711 bits per heavy atom. The van der Waals surface area contributed by atoms with Gasteiger partial charge in [-0.3, -0.25) is 0 Å². The second kappa shape index (κ2) is 10.8. The molecule has 188 valence electrons. The maximum absolute atomic E-state index is 13.2. The number of amides is 1. The van der Waals surface area contributed by atoms with E-state index in [9.17, 15) is 4.79 Å². The third kappa shape index (κ3) is 4.35. The predicted octanol–water partition coefficient (Wildman–Crippen LogP) is 4.90. The molecule has 38 heavy (non-hydrogen) atoms. The van der Waals surface area contributed by atoms with Crippen LogP contribution in [0.4, 0.5) is 0 Å². The van der Waals surface area contributed by atoms with Crippen molar-refractivity contribution in [2.75, 3.05) is 6.54 Å². The van der Waals surface area contributed by atoms with E-state index in [1.165, 1.54) is 21.9 Å². The summed E-state index contributed by atoms with van der Waals surface area (Å²) in [5.41, 5.74) is 2.77. The van der Waals surface area contributed by atoms with Crippen LogP contribution in [-0.4, -0.2) is 41.8 Å². The van der Waals surface area contributed by atoms with Gasteiger partial charge in [0.05, 0.1) is 0 Å². The molecule has 2 aliphatic rings. The molecule has 0 radical (unpaired) electrons. The maximum atomic E-state index is 13.2. The molecule has 0 aromatic heterocycles. The van der Waals surface area contributed by atoms with E-state index in [4.69, 9.17) is 0 Å². The normalized spacial score (nSPS) is 21.7. The van der Waals surface area contributed by atoms with Gasteiger partial charge < -0.3 is 0 Å². The van der Waals surface area contributed by atoms with Crippen molar-refractivity contribution in [1.29, 1.82) is 0 Å². The van der Waals surface area contributed by atoms with Crippen molar-refractivity contribution in [2.45, 2.75) is 18.9 Å². The second-order valence-corrected chi connectivity index (χ2v) is 20.9. The summed E-state index contributed by atoms with van der Waals surface area (Å²) in [6.07, 6.45) is 3.63. The Labute approximate surface area is 230 Å². The molecule has 0 N–H and O–H groups in total. The topological polar surface area (TPSA) is 20.3 Å². The molecule has 2 fully saturated rings. The first-order valence-corrected chi connectivity index (χ1v) is 19.5. The number of carbonyl (C=O) groups is 1. The Kier molecular flexibility index (Phi) is 7.07. The molecule has 4 aromatic carbocycles. The summed E-state index contributed by atoms with van der Waals surface area (Å²) in [5, 5.41) is 0. The van der Waals surface area contributed by atoms with Gasteiger partial charge in [0.2, 0.25) is 0 Å². The molecule has 0 aliphatic carbocycles. The Balaban J connectivity index is 1.57. The Bertz CT molecular complexity index is 1340. The van der Waals surface area contributed by atoms with E-state index >= 15 is 0 Å².